The van der Waals surface area contributed by atoms with Crippen molar-refractivity contribution in [2.24, 2.45) is 0 Å². The molecule has 0 saturated carbocycles. The van der Waals surface area contributed by atoms with E-state index in [1.54, 1.807) is 18.9 Å². The fourth-order valence-electron chi connectivity index (χ4n) is 3.56. The fourth-order valence-corrected chi connectivity index (χ4v) is 4.69. The minimum Gasteiger partial charge on any atom is -0.497 e. The number of amides is 1. The Labute approximate surface area is 175 Å². The molecule has 6 heteroatoms. The first-order valence-corrected chi connectivity index (χ1v) is 10.7. The van der Waals surface area contributed by atoms with E-state index in [-0.39, 0.29) is 16.6 Å². The van der Waals surface area contributed by atoms with Crippen molar-refractivity contribution in [1.29, 1.82) is 0 Å². The van der Waals surface area contributed by atoms with Gasteiger partial charge in [0.2, 0.25) is 5.91 Å². The van der Waals surface area contributed by atoms with Crippen molar-refractivity contribution in [3.63, 3.8) is 0 Å². The molecular weight excluding hydrogens is 382 g/mol. The summed E-state index contributed by atoms with van der Waals surface area (Å²) in [5.41, 5.74) is 3.95. The number of hydrogen-bond acceptors (Lipinski definition) is 4. The van der Waals surface area contributed by atoms with E-state index in [0.717, 1.165) is 34.1 Å². The summed E-state index contributed by atoms with van der Waals surface area (Å²) >= 11 is 1.63. The Bertz CT molecular complexity index is 1020. The lowest BCUT2D eigenvalue weighted by Crippen LogP contribution is -2.16. The first-order chi connectivity index (χ1) is 13.9. The molecule has 29 heavy (non-hydrogen) atoms. The van der Waals surface area contributed by atoms with E-state index in [4.69, 9.17) is 9.84 Å². The highest BCUT2D eigenvalue weighted by molar-refractivity contribution is 8.00. The molecule has 4 rings (SSSR count). The lowest BCUT2D eigenvalue weighted by Gasteiger charge is -2.22. The maximum atomic E-state index is 12.6. The Hall–Kier alpha value is -2.73. The molecule has 1 unspecified atom stereocenters. The van der Waals surface area contributed by atoms with Crippen molar-refractivity contribution in [1.82, 2.24) is 9.78 Å². The first-order valence-electron chi connectivity index (χ1n) is 9.62. The van der Waals surface area contributed by atoms with Crippen LogP contribution in [0.1, 0.15) is 42.8 Å². The average molecular weight is 408 g/mol. The van der Waals surface area contributed by atoms with Gasteiger partial charge in [0.15, 0.2) is 0 Å². The SMILES string of the molecule is COc1ccc(C2SCC(=O)Nc3c2c(C(C)(C)C)nn3-c2ccccc2)cc1. The van der Waals surface area contributed by atoms with Gasteiger partial charge in [-0.3, -0.25) is 4.79 Å². The maximum Gasteiger partial charge on any atom is 0.235 e. The summed E-state index contributed by atoms with van der Waals surface area (Å²) in [6.45, 7) is 6.48. The summed E-state index contributed by atoms with van der Waals surface area (Å²) in [7, 11) is 1.66. The number of hydrogen-bond donors (Lipinski definition) is 1. The monoisotopic (exact) mass is 407 g/mol. The van der Waals surface area contributed by atoms with Crippen LogP contribution in [0.5, 0.6) is 5.75 Å². The third kappa shape index (κ3) is 3.77. The number of para-hydroxylation sites is 1. The first kappa shape index (κ1) is 19.6. The minimum atomic E-state index is -0.176. The number of benzene rings is 2. The Kier molecular flexibility index (Phi) is 5.13. The van der Waals surface area contributed by atoms with Crippen LogP contribution < -0.4 is 10.1 Å². The number of thioether (sulfide) groups is 1. The second-order valence-corrected chi connectivity index (χ2v) is 9.21. The summed E-state index contributed by atoms with van der Waals surface area (Å²) in [5.74, 6) is 1.96. The molecule has 1 N–H and O–H groups in total. The molecule has 0 fully saturated rings. The molecule has 3 aromatic rings. The van der Waals surface area contributed by atoms with Crippen LogP contribution >= 0.6 is 11.8 Å². The van der Waals surface area contributed by atoms with Gasteiger partial charge in [-0.25, -0.2) is 4.68 Å². The number of ether oxygens (including phenoxy) is 1. The van der Waals surface area contributed by atoms with Crippen LogP contribution in [0.25, 0.3) is 5.69 Å². The Balaban J connectivity index is 1.95. The van der Waals surface area contributed by atoms with Gasteiger partial charge < -0.3 is 10.1 Å². The number of fused-ring (bicyclic) bond motifs is 1. The molecule has 1 amide bonds. The van der Waals surface area contributed by atoms with E-state index in [2.05, 4.69) is 38.2 Å². The smallest absolute Gasteiger partial charge is 0.235 e. The third-order valence-corrected chi connectivity index (χ3v) is 6.22. The van der Waals surface area contributed by atoms with Gasteiger partial charge in [0.05, 0.1) is 29.5 Å². The Morgan fingerprint density at radius 2 is 1.79 bits per heavy atom. The highest BCUT2D eigenvalue weighted by Gasteiger charge is 2.35. The van der Waals surface area contributed by atoms with Gasteiger partial charge in [-0.2, -0.15) is 5.10 Å². The van der Waals surface area contributed by atoms with Gasteiger partial charge in [-0.1, -0.05) is 51.1 Å². The summed E-state index contributed by atoms with van der Waals surface area (Å²) in [5, 5.41) is 8.10. The number of rotatable bonds is 3. The van der Waals surface area contributed by atoms with Crippen LogP contribution in [0.2, 0.25) is 0 Å². The van der Waals surface area contributed by atoms with E-state index in [9.17, 15) is 4.79 Å². The van der Waals surface area contributed by atoms with Crippen molar-refractivity contribution < 1.29 is 9.53 Å². The molecule has 1 atom stereocenters. The molecule has 150 valence electrons. The van der Waals surface area contributed by atoms with Crippen LogP contribution in [0, 0.1) is 0 Å². The molecule has 0 aliphatic carbocycles. The van der Waals surface area contributed by atoms with Gasteiger partial charge in [0.1, 0.15) is 11.6 Å². The third-order valence-electron chi connectivity index (χ3n) is 4.95. The Morgan fingerprint density at radius 3 is 2.41 bits per heavy atom. The van der Waals surface area contributed by atoms with Crippen molar-refractivity contribution in [3.8, 4) is 11.4 Å². The number of nitrogens with one attached hydrogen (secondary N) is 1. The largest absolute Gasteiger partial charge is 0.497 e. The summed E-state index contributed by atoms with van der Waals surface area (Å²) in [6.07, 6.45) is 0. The summed E-state index contributed by atoms with van der Waals surface area (Å²) in [4.78, 5) is 12.6. The maximum absolute atomic E-state index is 12.6. The van der Waals surface area contributed by atoms with Crippen LogP contribution in [0.15, 0.2) is 54.6 Å². The van der Waals surface area contributed by atoms with E-state index in [1.165, 1.54) is 0 Å². The minimum absolute atomic E-state index is 0.00143. The number of anilines is 1. The van der Waals surface area contributed by atoms with Gasteiger partial charge in [0.25, 0.3) is 0 Å². The quantitative estimate of drug-likeness (QED) is 0.667. The van der Waals surface area contributed by atoms with Crippen molar-refractivity contribution in [3.05, 3.63) is 71.4 Å². The second-order valence-electron chi connectivity index (χ2n) is 8.12. The topological polar surface area (TPSA) is 56.1 Å². The Morgan fingerprint density at radius 1 is 1.10 bits per heavy atom. The highest BCUT2D eigenvalue weighted by atomic mass is 32.2. The van der Waals surface area contributed by atoms with Crippen LogP contribution in [-0.4, -0.2) is 28.6 Å². The predicted octanol–water partition coefficient (Wildman–Crippen LogP) is 4.95. The molecule has 1 aliphatic heterocycles. The summed E-state index contributed by atoms with van der Waals surface area (Å²) < 4.78 is 7.19. The molecule has 1 aliphatic rings. The molecule has 2 heterocycles. The number of methoxy groups -OCH3 is 1. The zero-order valence-corrected chi connectivity index (χ0v) is 17.9. The van der Waals surface area contributed by atoms with Gasteiger partial charge >= 0.3 is 0 Å². The van der Waals surface area contributed by atoms with Crippen LogP contribution in [-0.2, 0) is 10.2 Å². The van der Waals surface area contributed by atoms with Gasteiger partial charge in [0, 0.05) is 11.0 Å². The lowest BCUT2D eigenvalue weighted by atomic mass is 9.87. The predicted molar refractivity (Wildman–Crippen MR) is 118 cm³/mol. The van der Waals surface area contributed by atoms with Crippen molar-refractivity contribution in [2.45, 2.75) is 31.4 Å². The molecule has 0 bridgehead atoms. The molecule has 0 radical (unpaired) electrons. The zero-order valence-electron chi connectivity index (χ0n) is 17.1. The van der Waals surface area contributed by atoms with E-state index >= 15 is 0 Å². The summed E-state index contributed by atoms with van der Waals surface area (Å²) in [6, 6.07) is 18.0. The van der Waals surface area contributed by atoms with Gasteiger partial charge in [-0.05, 0) is 29.8 Å². The standard InChI is InChI=1S/C23H25N3O2S/c1-23(2,3)21-19-20(15-10-12-17(28-4)13-11-15)29-14-18(27)24-22(19)26(25-21)16-8-6-5-7-9-16/h5-13,20H,14H2,1-4H3,(H,24,27). The normalized spacial score (nSPS) is 16.7. The number of carbonyl (C=O) groups excluding carboxylic acids is 1. The van der Waals surface area contributed by atoms with Crippen molar-refractivity contribution in [2.75, 3.05) is 18.2 Å². The second kappa shape index (κ2) is 7.59. The molecule has 2 aromatic carbocycles. The van der Waals surface area contributed by atoms with E-state index in [1.807, 2.05) is 47.1 Å². The molecule has 5 nitrogen and oxygen atoms in total. The van der Waals surface area contributed by atoms with E-state index < -0.39 is 0 Å². The number of nitrogens with zero attached hydrogens (tertiary/aromatic N) is 2. The highest BCUT2D eigenvalue weighted by Crippen LogP contribution is 2.46. The lowest BCUT2D eigenvalue weighted by molar-refractivity contribution is -0.113. The molecule has 0 spiro atoms. The fraction of sp³-hybridized carbons (Fsp3) is 0.304. The average Bonchev–Trinajstić information content (AvgIpc) is 3.00. The molecule has 1 aromatic heterocycles. The zero-order chi connectivity index (χ0) is 20.6. The van der Waals surface area contributed by atoms with E-state index in [0.29, 0.717) is 5.75 Å². The molecular formula is C23H25N3O2S. The number of aromatic nitrogens is 2. The molecule has 0 saturated heterocycles. The number of carbonyl (C=O) groups is 1. The van der Waals surface area contributed by atoms with Crippen LogP contribution in [0.4, 0.5) is 5.82 Å². The van der Waals surface area contributed by atoms with Crippen molar-refractivity contribution >= 4 is 23.5 Å². The van der Waals surface area contributed by atoms with Crippen LogP contribution in [0.3, 0.4) is 0 Å². The van der Waals surface area contributed by atoms with Gasteiger partial charge in [-0.15, -0.1) is 11.8 Å².